The van der Waals surface area contributed by atoms with Crippen molar-refractivity contribution >= 4 is 18.0 Å². The minimum absolute atomic E-state index is 0.0517. The SMILES string of the molecule is O=C(NC1(C(=O)NC2CCCC2C(=O)O)CCC1)OCC1c2ccccc2-c2ccccc21. The number of fused-ring (bicyclic) bond motifs is 3. The number of carbonyl (C=O) groups is 3. The van der Waals surface area contributed by atoms with Gasteiger partial charge in [0.2, 0.25) is 5.91 Å². The third-order valence-electron chi connectivity index (χ3n) is 7.48. The van der Waals surface area contributed by atoms with Crippen LogP contribution in [-0.4, -0.2) is 41.3 Å². The second-order valence-electron chi connectivity index (χ2n) is 9.34. The molecule has 2 aromatic rings. The molecule has 3 aliphatic rings. The fourth-order valence-electron chi connectivity index (χ4n) is 5.50. The summed E-state index contributed by atoms with van der Waals surface area (Å²) in [5.41, 5.74) is 3.55. The van der Waals surface area contributed by atoms with Crippen LogP contribution in [0.25, 0.3) is 11.1 Å². The molecule has 2 saturated carbocycles. The highest BCUT2D eigenvalue weighted by Gasteiger charge is 2.48. The van der Waals surface area contributed by atoms with Crippen molar-refractivity contribution < 1.29 is 24.2 Å². The summed E-state index contributed by atoms with van der Waals surface area (Å²) in [6.45, 7) is 0.182. The number of benzene rings is 2. The molecule has 0 aromatic heterocycles. The summed E-state index contributed by atoms with van der Waals surface area (Å²) in [4.78, 5) is 37.2. The van der Waals surface area contributed by atoms with E-state index in [2.05, 4.69) is 34.9 Å². The van der Waals surface area contributed by atoms with Gasteiger partial charge in [-0.2, -0.15) is 0 Å². The topological polar surface area (TPSA) is 105 Å². The van der Waals surface area contributed by atoms with E-state index in [1.807, 2.05) is 24.3 Å². The molecule has 33 heavy (non-hydrogen) atoms. The average molecular weight is 449 g/mol. The van der Waals surface area contributed by atoms with Crippen LogP contribution in [0.1, 0.15) is 55.6 Å². The summed E-state index contributed by atoms with van der Waals surface area (Å²) in [5, 5.41) is 15.1. The molecule has 0 bridgehead atoms. The van der Waals surface area contributed by atoms with Gasteiger partial charge in [0.25, 0.3) is 0 Å². The Balaban J connectivity index is 1.23. The number of amides is 2. The number of nitrogens with one attached hydrogen (secondary N) is 2. The van der Waals surface area contributed by atoms with Crippen molar-refractivity contribution in [2.45, 2.75) is 56.0 Å². The molecule has 0 radical (unpaired) electrons. The minimum atomic E-state index is -1.02. The summed E-state index contributed by atoms with van der Waals surface area (Å²) in [6.07, 6.45) is 3.23. The summed E-state index contributed by atoms with van der Waals surface area (Å²) in [5.74, 6) is -1.81. The van der Waals surface area contributed by atoms with Crippen LogP contribution in [-0.2, 0) is 14.3 Å². The number of carboxylic acids is 1. The fraction of sp³-hybridized carbons (Fsp3) is 0.423. The van der Waals surface area contributed by atoms with E-state index in [9.17, 15) is 19.5 Å². The quantitative estimate of drug-likeness (QED) is 0.623. The first-order valence-electron chi connectivity index (χ1n) is 11.7. The number of hydrogen-bond acceptors (Lipinski definition) is 4. The van der Waals surface area contributed by atoms with Crippen molar-refractivity contribution in [3.05, 3.63) is 59.7 Å². The van der Waals surface area contributed by atoms with Crippen molar-refractivity contribution in [1.29, 1.82) is 0 Å². The van der Waals surface area contributed by atoms with Crippen molar-refractivity contribution in [2.75, 3.05) is 6.61 Å². The summed E-state index contributed by atoms with van der Waals surface area (Å²) < 4.78 is 5.63. The Morgan fingerprint density at radius 3 is 2.15 bits per heavy atom. The van der Waals surface area contributed by atoms with Crippen molar-refractivity contribution in [2.24, 2.45) is 5.92 Å². The molecule has 0 saturated heterocycles. The van der Waals surface area contributed by atoms with Gasteiger partial charge in [0.1, 0.15) is 12.1 Å². The molecular formula is C26H28N2O5. The lowest BCUT2D eigenvalue weighted by Crippen LogP contribution is -2.64. The highest BCUT2D eigenvalue weighted by Crippen LogP contribution is 2.44. The van der Waals surface area contributed by atoms with Gasteiger partial charge in [-0.15, -0.1) is 0 Å². The first-order chi connectivity index (χ1) is 16.0. The molecule has 2 aromatic carbocycles. The van der Waals surface area contributed by atoms with Gasteiger partial charge in [-0.25, -0.2) is 4.79 Å². The molecule has 0 spiro atoms. The van der Waals surface area contributed by atoms with E-state index in [0.717, 1.165) is 35.1 Å². The maximum Gasteiger partial charge on any atom is 0.408 e. The predicted molar refractivity (Wildman–Crippen MR) is 122 cm³/mol. The van der Waals surface area contributed by atoms with E-state index >= 15 is 0 Å². The van der Waals surface area contributed by atoms with Crippen molar-refractivity contribution in [3.63, 3.8) is 0 Å². The van der Waals surface area contributed by atoms with Crippen LogP contribution in [0.5, 0.6) is 0 Å². The Hall–Kier alpha value is -3.35. The lowest BCUT2D eigenvalue weighted by Gasteiger charge is -2.41. The van der Waals surface area contributed by atoms with E-state index in [1.165, 1.54) is 0 Å². The normalized spacial score (nSPS) is 22.5. The predicted octanol–water partition coefficient (Wildman–Crippen LogP) is 3.82. The first kappa shape index (κ1) is 21.5. The fourth-order valence-corrected chi connectivity index (χ4v) is 5.50. The number of hydrogen-bond donors (Lipinski definition) is 3. The molecule has 7 nitrogen and oxygen atoms in total. The van der Waals surface area contributed by atoms with Gasteiger partial charge < -0.3 is 20.5 Å². The molecule has 5 rings (SSSR count). The highest BCUT2D eigenvalue weighted by molar-refractivity contribution is 5.91. The Morgan fingerprint density at radius 2 is 1.58 bits per heavy atom. The number of carbonyl (C=O) groups excluding carboxylic acids is 2. The van der Waals surface area contributed by atoms with Gasteiger partial charge in [-0.05, 0) is 54.4 Å². The average Bonchev–Trinajstić information content (AvgIpc) is 3.37. The number of alkyl carbamates (subject to hydrolysis) is 1. The van der Waals surface area contributed by atoms with Gasteiger partial charge in [0, 0.05) is 12.0 Å². The van der Waals surface area contributed by atoms with Gasteiger partial charge in [0.15, 0.2) is 0 Å². The monoisotopic (exact) mass is 448 g/mol. The van der Waals surface area contributed by atoms with E-state index < -0.39 is 29.6 Å². The Morgan fingerprint density at radius 1 is 0.939 bits per heavy atom. The van der Waals surface area contributed by atoms with Crippen molar-refractivity contribution in [1.82, 2.24) is 10.6 Å². The molecule has 7 heteroatoms. The summed E-state index contributed by atoms with van der Waals surface area (Å²) in [6, 6.07) is 15.9. The van der Waals surface area contributed by atoms with Crippen LogP contribution in [0.15, 0.2) is 48.5 Å². The van der Waals surface area contributed by atoms with E-state index in [1.54, 1.807) is 0 Å². The zero-order chi connectivity index (χ0) is 23.0. The standard InChI is InChI=1S/C26H28N2O5/c29-23(30)20-11-5-12-22(20)27-24(31)26(13-6-14-26)28-25(32)33-15-21-18-9-3-1-7-16(18)17-8-2-4-10-19(17)21/h1-4,7-10,20-22H,5-6,11-15H2,(H,27,31)(H,28,32)(H,29,30). The molecule has 2 amide bonds. The second-order valence-corrected chi connectivity index (χ2v) is 9.34. The zero-order valence-corrected chi connectivity index (χ0v) is 18.4. The summed E-state index contributed by atoms with van der Waals surface area (Å²) in [7, 11) is 0. The maximum absolute atomic E-state index is 13.0. The van der Waals surface area contributed by atoms with Gasteiger partial charge in [0.05, 0.1) is 5.92 Å². The van der Waals surface area contributed by atoms with Gasteiger partial charge in [-0.3, -0.25) is 9.59 Å². The van der Waals surface area contributed by atoms with Crippen LogP contribution in [0.2, 0.25) is 0 Å². The molecule has 172 valence electrons. The van der Waals surface area contributed by atoms with Crippen LogP contribution in [0.4, 0.5) is 4.79 Å². The third-order valence-corrected chi connectivity index (χ3v) is 7.48. The smallest absolute Gasteiger partial charge is 0.408 e. The Kier molecular flexibility index (Phi) is 5.56. The third kappa shape index (κ3) is 3.86. The van der Waals surface area contributed by atoms with E-state index in [4.69, 9.17) is 4.74 Å². The number of ether oxygens (including phenoxy) is 1. The molecule has 0 aliphatic heterocycles. The highest BCUT2D eigenvalue weighted by atomic mass is 16.5. The lowest BCUT2D eigenvalue weighted by atomic mass is 9.75. The molecule has 2 unspecified atom stereocenters. The van der Waals surface area contributed by atoms with Crippen LogP contribution in [0.3, 0.4) is 0 Å². The maximum atomic E-state index is 13.0. The number of carboxylic acid groups (broad SMARTS) is 1. The van der Waals surface area contributed by atoms with Crippen LogP contribution < -0.4 is 10.6 Å². The number of aliphatic carboxylic acids is 1. The van der Waals surface area contributed by atoms with Crippen LogP contribution in [0, 0.1) is 5.92 Å². The lowest BCUT2D eigenvalue weighted by molar-refractivity contribution is -0.142. The van der Waals surface area contributed by atoms with Gasteiger partial charge in [-0.1, -0.05) is 55.0 Å². The molecule has 3 N–H and O–H groups in total. The Bertz CT molecular complexity index is 1050. The molecule has 0 heterocycles. The largest absolute Gasteiger partial charge is 0.481 e. The second kappa shape index (κ2) is 8.54. The van der Waals surface area contributed by atoms with Gasteiger partial charge >= 0.3 is 12.1 Å². The zero-order valence-electron chi connectivity index (χ0n) is 18.4. The van der Waals surface area contributed by atoms with Crippen molar-refractivity contribution in [3.8, 4) is 11.1 Å². The molecule has 2 fully saturated rings. The molecule has 2 atom stereocenters. The van der Waals surface area contributed by atoms with E-state index in [0.29, 0.717) is 25.7 Å². The first-order valence-corrected chi connectivity index (χ1v) is 11.7. The van der Waals surface area contributed by atoms with E-state index in [-0.39, 0.29) is 18.4 Å². The summed E-state index contributed by atoms with van der Waals surface area (Å²) >= 11 is 0. The Labute approximate surface area is 192 Å². The number of rotatable bonds is 6. The van der Waals surface area contributed by atoms with Crippen LogP contribution >= 0.6 is 0 Å². The minimum Gasteiger partial charge on any atom is -0.481 e. The molecule has 3 aliphatic carbocycles. The molecular weight excluding hydrogens is 420 g/mol.